The first-order valence-corrected chi connectivity index (χ1v) is 13.1. The first-order valence-electron chi connectivity index (χ1n) is 11.9. The number of aryl methyl sites for hydroxylation is 2. The van der Waals surface area contributed by atoms with Gasteiger partial charge in [0, 0.05) is 29.6 Å². The molecule has 0 aromatic carbocycles. The number of pyridine rings is 1. The lowest BCUT2D eigenvalue weighted by Crippen LogP contribution is -2.50. The van der Waals surface area contributed by atoms with Gasteiger partial charge in [-0.15, -0.1) is 11.3 Å². The minimum Gasteiger partial charge on any atom is -0.352 e. The lowest BCUT2D eigenvalue weighted by Gasteiger charge is -2.36. The Balaban J connectivity index is 1.46. The van der Waals surface area contributed by atoms with Crippen LogP contribution in [0.25, 0.3) is 0 Å². The molecule has 3 aliphatic carbocycles. The molecular formula is C24H30N6O2S2. The Bertz CT molecular complexity index is 1120. The van der Waals surface area contributed by atoms with Crippen molar-refractivity contribution < 1.29 is 9.59 Å². The molecule has 3 aliphatic rings. The highest BCUT2D eigenvalue weighted by molar-refractivity contribution is 7.80. The van der Waals surface area contributed by atoms with Crippen molar-refractivity contribution in [2.24, 2.45) is 17.7 Å². The first kappa shape index (κ1) is 23.2. The smallest absolute Gasteiger partial charge is 0.254 e. The van der Waals surface area contributed by atoms with Crippen LogP contribution in [0.15, 0.2) is 18.5 Å². The minimum absolute atomic E-state index is 0.0104. The van der Waals surface area contributed by atoms with Crippen LogP contribution in [0.2, 0.25) is 0 Å². The van der Waals surface area contributed by atoms with E-state index >= 15 is 0 Å². The average Bonchev–Trinajstić information content (AvgIpc) is 3.74. The van der Waals surface area contributed by atoms with Gasteiger partial charge in [-0.25, -0.2) is 5.84 Å². The Kier molecular flexibility index (Phi) is 6.54. The number of hydrogen-bond donors (Lipinski definition) is 4. The van der Waals surface area contributed by atoms with E-state index in [9.17, 15) is 9.59 Å². The number of rotatable bonds is 7. The SMILES string of the molecule is Cc1cncc(N(C(=S)NN)[C@H]2CCc3sc(NC(=O)C4CC4)c(C(=O)NCC4CC4)c3C2)c1. The molecule has 0 unspecified atom stereocenters. The molecule has 1 atom stereocenters. The number of thiocarbonyl (C=S) groups is 1. The number of amides is 2. The van der Waals surface area contributed by atoms with Gasteiger partial charge in [-0.3, -0.25) is 14.6 Å². The maximum atomic E-state index is 13.3. The molecule has 5 N–H and O–H groups in total. The number of fused-ring (bicyclic) bond motifs is 1. The zero-order valence-electron chi connectivity index (χ0n) is 19.2. The van der Waals surface area contributed by atoms with Crippen LogP contribution in [0.5, 0.6) is 0 Å². The second-order valence-corrected chi connectivity index (χ2v) is 11.1. The van der Waals surface area contributed by atoms with Crippen molar-refractivity contribution in [2.75, 3.05) is 16.8 Å². The summed E-state index contributed by atoms with van der Waals surface area (Å²) in [5.74, 6) is 6.31. The summed E-state index contributed by atoms with van der Waals surface area (Å²) >= 11 is 7.11. The third-order valence-corrected chi connectivity index (χ3v) is 8.26. The molecule has 8 nitrogen and oxygen atoms in total. The fraction of sp³-hybridized carbons (Fsp3) is 0.500. The van der Waals surface area contributed by atoms with Crippen molar-refractivity contribution in [3.05, 3.63) is 40.0 Å². The van der Waals surface area contributed by atoms with Gasteiger partial charge in [-0.1, -0.05) is 0 Å². The number of hydrogen-bond acceptors (Lipinski definition) is 6. The summed E-state index contributed by atoms with van der Waals surface area (Å²) in [7, 11) is 0. The zero-order chi connectivity index (χ0) is 23.8. The second kappa shape index (κ2) is 9.59. The standard InChI is InChI=1S/C24H30N6O2S2/c1-13-8-17(12-26-10-13)30(24(33)29-25)16-6-7-19-18(9-16)20(22(32)27-11-14-2-3-14)23(34-19)28-21(31)15-4-5-15/h8,10,12,14-16H,2-7,9,11,25H2,1H3,(H,27,32)(H,28,31)(H,29,33)/t16-/m0/s1. The van der Waals surface area contributed by atoms with Crippen molar-refractivity contribution in [3.8, 4) is 0 Å². The van der Waals surface area contributed by atoms with Crippen molar-refractivity contribution in [1.29, 1.82) is 0 Å². The normalized spacial score (nSPS) is 19.2. The van der Waals surface area contributed by atoms with Gasteiger partial charge in [-0.2, -0.15) is 0 Å². The molecule has 2 heterocycles. The molecule has 2 amide bonds. The van der Waals surface area contributed by atoms with E-state index in [-0.39, 0.29) is 23.8 Å². The summed E-state index contributed by atoms with van der Waals surface area (Å²) in [6, 6.07) is 2.04. The molecule has 0 bridgehead atoms. The van der Waals surface area contributed by atoms with Crippen LogP contribution in [-0.4, -0.2) is 34.5 Å². The van der Waals surface area contributed by atoms with Crippen LogP contribution in [-0.2, 0) is 17.6 Å². The maximum Gasteiger partial charge on any atom is 0.254 e. The third-order valence-electron chi connectivity index (χ3n) is 6.74. The molecule has 0 radical (unpaired) electrons. The van der Waals surface area contributed by atoms with E-state index in [1.54, 1.807) is 23.7 Å². The summed E-state index contributed by atoms with van der Waals surface area (Å²) in [6.07, 6.45) is 10.0. The fourth-order valence-corrected chi connectivity index (χ4v) is 6.05. The molecule has 0 saturated heterocycles. The van der Waals surface area contributed by atoms with Crippen molar-refractivity contribution in [1.82, 2.24) is 15.7 Å². The molecule has 2 aromatic rings. The van der Waals surface area contributed by atoms with E-state index in [1.165, 1.54) is 12.8 Å². The van der Waals surface area contributed by atoms with E-state index in [4.69, 9.17) is 18.1 Å². The highest BCUT2D eigenvalue weighted by Crippen LogP contribution is 2.41. The average molecular weight is 499 g/mol. The molecule has 34 heavy (non-hydrogen) atoms. The van der Waals surface area contributed by atoms with Crippen molar-refractivity contribution >= 4 is 51.2 Å². The van der Waals surface area contributed by atoms with Gasteiger partial charge in [0.05, 0.1) is 17.4 Å². The molecule has 180 valence electrons. The number of carbonyl (C=O) groups is 2. The number of nitrogens with two attached hydrogens (primary N) is 1. The summed E-state index contributed by atoms with van der Waals surface area (Å²) in [5.41, 5.74) is 6.15. The molecule has 2 saturated carbocycles. The fourth-order valence-electron chi connectivity index (χ4n) is 4.56. The van der Waals surface area contributed by atoms with Crippen LogP contribution >= 0.6 is 23.6 Å². The number of aromatic nitrogens is 1. The Morgan fingerprint density at radius 3 is 2.71 bits per heavy atom. The number of thiophene rings is 1. The Morgan fingerprint density at radius 2 is 2.03 bits per heavy atom. The Labute approximate surface area is 208 Å². The summed E-state index contributed by atoms with van der Waals surface area (Å²) in [5, 5.41) is 7.27. The van der Waals surface area contributed by atoms with E-state index in [0.717, 1.165) is 47.4 Å². The number of hydrazine groups is 1. The van der Waals surface area contributed by atoms with Crippen LogP contribution < -0.4 is 26.8 Å². The number of carbonyl (C=O) groups excluding carboxylic acids is 2. The van der Waals surface area contributed by atoms with Gasteiger partial charge in [0.25, 0.3) is 5.91 Å². The molecule has 10 heteroatoms. The van der Waals surface area contributed by atoms with Gasteiger partial charge in [-0.05, 0) is 87.2 Å². The maximum absolute atomic E-state index is 13.3. The molecule has 2 aromatic heterocycles. The number of anilines is 2. The predicted molar refractivity (Wildman–Crippen MR) is 138 cm³/mol. The molecule has 0 spiro atoms. The number of nitrogens with zero attached hydrogens (tertiary/aromatic N) is 2. The quantitative estimate of drug-likeness (QED) is 0.264. The Hall–Kier alpha value is -2.56. The van der Waals surface area contributed by atoms with Crippen molar-refractivity contribution in [2.45, 2.75) is 57.9 Å². The van der Waals surface area contributed by atoms with Gasteiger partial charge in [0.2, 0.25) is 5.91 Å². The number of nitrogens with one attached hydrogen (secondary N) is 3. The monoisotopic (exact) mass is 498 g/mol. The van der Waals surface area contributed by atoms with Crippen molar-refractivity contribution in [3.63, 3.8) is 0 Å². The Morgan fingerprint density at radius 1 is 1.24 bits per heavy atom. The van der Waals surface area contributed by atoms with E-state index in [1.807, 2.05) is 17.9 Å². The van der Waals surface area contributed by atoms with E-state index < -0.39 is 0 Å². The third kappa shape index (κ3) is 4.94. The van der Waals surface area contributed by atoms with Gasteiger partial charge >= 0.3 is 0 Å². The highest BCUT2D eigenvalue weighted by atomic mass is 32.1. The summed E-state index contributed by atoms with van der Waals surface area (Å²) in [4.78, 5) is 33.4. The molecule has 0 aliphatic heterocycles. The van der Waals surface area contributed by atoms with E-state index in [2.05, 4.69) is 21.0 Å². The minimum atomic E-state index is -0.0977. The summed E-state index contributed by atoms with van der Waals surface area (Å²) < 4.78 is 0. The van der Waals surface area contributed by atoms with Crippen LogP contribution in [0, 0.1) is 18.8 Å². The lowest BCUT2D eigenvalue weighted by atomic mass is 9.90. The van der Waals surface area contributed by atoms with Crippen LogP contribution in [0.3, 0.4) is 0 Å². The molecular weight excluding hydrogens is 468 g/mol. The van der Waals surface area contributed by atoms with Crippen LogP contribution in [0.1, 0.15) is 58.5 Å². The molecule has 5 rings (SSSR count). The predicted octanol–water partition coefficient (Wildman–Crippen LogP) is 3.05. The highest BCUT2D eigenvalue weighted by Gasteiger charge is 2.36. The lowest BCUT2D eigenvalue weighted by molar-refractivity contribution is -0.117. The van der Waals surface area contributed by atoms with Crippen LogP contribution in [0.4, 0.5) is 10.7 Å². The molecule has 2 fully saturated rings. The van der Waals surface area contributed by atoms with Gasteiger partial charge in [0.15, 0.2) is 5.11 Å². The van der Waals surface area contributed by atoms with Gasteiger partial charge in [0.1, 0.15) is 5.00 Å². The topological polar surface area (TPSA) is 112 Å². The summed E-state index contributed by atoms with van der Waals surface area (Å²) in [6.45, 7) is 2.67. The van der Waals surface area contributed by atoms with E-state index in [0.29, 0.717) is 34.6 Å². The van der Waals surface area contributed by atoms with Gasteiger partial charge < -0.3 is 21.0 Å². The largest absolute Gasteiger partial charge is 0.352 e. The first-order chi connectivity index (χ1) is 16.4. The zero-order valence-corrected chi connectivity index (χ0v) is 20.9. The second-order valence-electron chi connectivity index (χ2n) is 9.56.